The van der Waals surface area contributed by atoms with Gasteiger partial charge in [0.05, 0.1) is 24.4 Å². The topological polar surface area (TPSA) is 149 Å². The highest BCUT2D eigenvalue weighted by atomic mass is 35.5. The highest BCUT2D eigenvalue weighted by Gasteiger charge is 2.45. The molecule has 2 N–H and O–H groups in total. The van der Waals surface area contributed by atoms with Gasteiger partial charge in [-0.1, -0.05) is 54.4 Å². The number of halogens is 2. The second-order valence-electron chi connectivity index (χ2n) is 11.0. The van der Waals surface area contributed by atoms with Crippen molar-refractivity contribution in [1.29, 1.82) is 0 Å². The number of carboxylic acids is 1. The summed E-state index contributed by atoms with van der Waals surface area (Å²) in [6, 6.07) is 6.45. The van der Waals surface area contributed by atoms with Crippen LogP contribution in [0.3, 0.4) is 0 Å². The Morgan fingerprint density at radius 2 is 1.96 bits per heavy atom. The normalized spacial score (nSPS) is 21.7. The number of likely N-dealkylation sites (tertiary alicyclic amines) is 1. The molecule has 2 aliphatic rings. The smallest absolute Gasteiger partial charge is 0.330 e. The van der Waals surface area contributed by atoms with Gasteiger partial charge in [-0.15, -0.1) is 11.6 Å². The van der Waals surface area contributed by atoms with E-state index in [1.807, 2.05) is 4.90 Å². The number of carbonyl (C=O) groups excluding carboxylic acids is 1. The summed E-state index contributed by atoms with van der Waals surface area (Å²) >= 11 is 13.8. The first kappa shape index (κ1) is 32.1. The van der Waals surface area contributed by atoms with E-state index in [-0.39, 0.29) is 23.7 Å². The van der Waals surface area contributed by atoms with Crippen molar-refractivity contribution >= 4 is 40.7 Å². The van der Waals surface area contributed by atoms with Crippen LogP contribution < -0.4 is 21.3 Å². The average Bonchev–Trinajstić information content (AvgIpc) is 3.03. The van der Waals surface area contributed by atoms with Crippen LogP contribution in [0.25, 0.3) is 5.57 Å². The summed E-state index contributed by atoms with van der Waals surface area (Å²) in [5, 5.41) is 12.1. The second kappa shape index (κ2) is 13.0. The maximum Gasteiger partial charge on any atom is 0.330 e. The van der Waals surface area contributed by atoms with Gasteiger partial charge < -0.3 is 19.7 Å². The van der Waals surface area contributed by atoms with Gasteiger partial charge in [-0.2, -0.15) is 0 Å². The summed E-state index contributed by atoms with van der Waals surface area (Å²) in [6.45, 7) is 0.766. The molecule has 1 saturated heterocycles. The van der Waals surface area contributed by atoms with Crippen LogP contribution in [0.1, 0.15) is 46.6 Å². The molecule has 5 rings (SSSR count). The summed E-state index contributed by atoms with van der Waals surface area (Å²) in [7, 11) is 4.14. The standard InChI is InChI=1S/C31H32Cl2N6O6/c1-37-16-20(28(41)38(2)30(37)44)26(40)36-31(13-8-10-19(25(31)33)18-9-4-5-11-21(18)32)24-15-34-22(27(35-24)45-3)17-39-14-7-6-12-23(39)29(42)43/h4-5,8-11,13,15-16,23,25H,6-7,12,14,17H2,1-3H3,(H,36,40)(H,42,43)/t23-,25?,31?/m0/s1. The van der Waals surface area contributed by atoms with Crippen molar-refractivity contribution in [3.8, 4) is 5.88 Å². The van der Waals surface area contributed by atoms with Crippen molar-refractivity contribution in [3.05, 3.63) is 103 Å². The first-order valence-corrected chi connectivity index (χ1v) is 15.0. The van der Waals surface area contributed by atoms with Gasteiger partial charge in [-0.25, -0.2) is 9.78 Å². The number of aromatic nitrogens is 4. The number of ether oxygens (including phenoxy) is 1. The van der Waals surface area contributed by atoms with E-state index in [4.69, 9.17) is 32.9 Å². The maximum atomic E-state index is 13.8. The Kier molecular flexibility index (Phi) is 9.28. The fourth-order valence-electron chi connectivity index (χ4n) is 5.76. The van der Waals surface area contributed by atoms with E-state index in [2.05, 4.69) is 10.3 Å². The number of hydrogen-bond donors (Lipinski definition) is 2. The zero-order valence-electron chi connectivity index (χ0n) is 24.9. The number of alkyl halides is 1. The Balaban J connectivity index is 1.61. The highest BCUT2D eigenvalue weighted by Crippen LogP contribution is 2.43. The number of nitrogens with zero attached hydrogens (tertiary/aromatic N) is 5. The lowest BCUT2D eigenvalue weighted by Crippen LogP contribution is -2.54. The van der Waals surface area contributed by atoms with Gasteiger partial charge in [-0.05, 0) is 36.6 Å². The number of benzene rings is 1. The molecule has 3 atom stereocenters. The molecule has 2 aromatic heterocycles. The minimum Gasteiger partial charge on any atom is -0.480 e. The molecule has 1 fully saturated rings. The lowest BCUT2D eigenvalue weighted by molar-refractivity contribution is -0.144. The van der Waals surface area contributed by atoms with Crippen LogP contribution in [0.4, 0.5) is 0 Å². The van der Waals surface area contributed by atoms with Crippen LogP contribution in [0.5, 0.6) is 5.88 Å². The molecular weight excluding hydrogens is 623 g/mol. The van der Waals surface area contributed by atoms with E-state index < -0.39 is 40.1 Å². The highest BCUT2D eigenvalue weighted by molar-refractivity contribution is 6.34. The Hall–Kier alpha value is -4.26. The Labute approximate surface area is 268 Å². The summed E-state index contributed by atoms with van der Waals surface area (Å²) in [5.74, 6) is -1.58. The van der Waals surface area contributed by atoms with Crippen LogP contribution in [0.2, 0.25) is 5.02 Å². The average molecular weight is 656 g/mol. The third-order valence-electron chi connectivity index (χ3n) is 8.18. The van der Waals surface area contributed by atoms with Gasteiger partial charge in [-0.3, -0.25) is 28.8 Å². The first-order valence-electron chi connectivity index (χ1n) is 14.2. The van der Waals surface area contributed by atoms with E-state index in [1.165, 1.54) is 33.6 Å². The molecular formula is C31H32Cl2N6O6. The van der Waals surface area contributed by atoms with E-state index in [0.717, 1.165) is 22.0 Å². The Bertz CT molecular complexity index is 1840. The van der Waals surface area contributed by atoms with Gasteiger partial charge in [0.2, 0.25) is 5.88 Å². The molecule has 2 unspecified atom stereocenters. The van der Waals surface area contributed by atoms with E-state index in [0.29, 0.717) is 34.8 Å². The van der Waals surface area contributed by atoms with E-state index in [1.54, 1.807) is 42.5 Å². The number of allylic oxidation sites excluding steroid dienone is 2. The quantitative estimate of drug-likeness (QED) is 0.350. The van der Waals surface area contributed by atoms with Crippen molar-refractivity contribution in [3.63, 3.8) is 0 Å². The van der Waals surface area contributed by atoms with Gasteiger partial charge in [0.1, 0.15) is 22.8 Å². The largest absolute Gasteiger partial charge is 0.480 e. The number of nitrogens with one attached hydrogen (secondary N) is 1. The van der Waals surface area contributed by atoms with E-state index >= 15 is 0 Å². The lowest BCUT2D eigenvalue weighted by Gasteiger charge is -2.39. The van der Waals surface area contributed by atoms with Crippen LogP contribution in [0.15, 0.2) is 64.5 Å². The molecule has 1 amide bonds. The third-order valence-corrected chi connectivity index (χ3v) is 9.09. The summed E-state index contributed by atoms with van der Waals surface area (Å²) in [5.41, 5.74) is -1.43. The van der Waals surface area contributed by atoms with Gasteiger partial charge in [0.25, 0.3) is 11.5 Å². The van der Waals surface area contributed by atoms with Crippen molar-refractivity contribution < 1.29 is 19.4 Å². The van der Waals surface area contributed by atoms with Crippen molar-refractivity contribution in [2.75, 3.05) is 13.7 Å². The third kappa shape index (κ3) is 6.05. The van der Waals surface area contributed by atoms with Crippen molar-refractivity contribution in [2.45, 2.75) is 42.8 Å². The summed E-state index contributed by atoms with van der Waals surface area (Å²) in [6.07, 6.45) is 9.93. The molecule has 3 aromatic rings. The number of aryl methyl sites for hydroxylation is 1. The SMILES string of the molecule is COc1nc(C2(NC(=O)c3cn(C)c(=O)n(C)c3=O)C=CC=C(c3ccccc3Cl)C2Cl)cnc1CN1CCCC[C@H]1C(=O)O. The number of carbonyl (C=O) groups is 2. The predicted molar refractivity (Wildman–Crippen MR) is 169 cm³/mol. The molecule has 1 aliphatic heterocycles. The molecule has 0 spiro atoms. The maximum absolute atomic E-state index is 13.8. The van der Waals surface area contributed by atoms with Crippen LogP contribution >= 0.6 is 23.2 Å². The number of methoxy groups -OCH3 is 1. The van der Waals surface area contributed by atoms with Crippen LogP contribution in [-0.2, 0) is 31.0 Å². The van der Waals surface area contributed by atoms with Gasteiger partial charge in [0.15, 0.2) is 0 Å². The molecule has 12 nitrogen and oxygen atoms in total. The lowest BCUT2D eigenvalue weighted by atomic mass is 9.80. The monoisotopic (exact) mass is 654 g/mol. The molecule has 0 saturated carbocycles. The molecule has 1 aliphatic carbocycles. The number of carboxylic acid groups (broad SMARTS) is 1. The Morgan fingerprint density at radius 1 is 1.20 bits per heavy atom. The summed E-state index contributed by atoms with van der Waals surface area (Å²) in [4.78, 5) is 62.2. The van der Waals surface area contributed by atoms with Crippen molar-refractivity contribution in [1.82, 2.24) is 29.3 Å². The van der Waals surface area contributed by atoms with Gasteiger partial charge >= 0.3 is 11.7 Å². The molecule has 236 valence electrons. The zero-order chi connectivity index (χ0) is 32.5. The van der Waals surface area contributed by atoms with Gasteiger partial charge in [0, 0.05) is 31.9 Å². The molecule has 1 aromatic carbocycles. The number of rotatable bonds is 8. The number of hydrogen-bond acceptors (Lipinski definition) is 8. The predicted octanol–water partition coefficient (Wildman–Crippen LogP) is 2.86. The molecule has 45 heavy (non-hydrogen) atoms. The number of piperidine rings is 1. The van der Waals surface area contributed by atoms with Crippen LogP contribution in [-0.4, -0.2) is 66.1 Å². The number of aliphatic carboxylic acids is 1. The molecule has 3 heterocycles. The van der Waals surface area contributed by atoms with Crippen molar-refractivity contribution in [2.24, 2.45) is 14.1 Å². The minimum absolute atomic E-state index is 0.125. The fourth-order valence-corrected chi connectivity index (χ4v) is 6.44. The Morgan fingerprint density at radius 3 is 2.67 bits per heavy atom. The van der Waals surface area contributed by atoms with Crippen LogP contribution in [0, 0.1) is 0 Å². The molecule has 0 bridgehead atoms. The fraction of sp³-hybridized carbons (Fsp3) is 0.355. The minimum atomic E-state index is -1.57. The number of amides is 1. The summed E-state index contributed by atoms with van der Waals surface area (Å²) < 4.78 is 7.60. The molecule has 14 heteroatoms. The van der Waals surface area contributed by atoms with E-state index in [9.17, 15) is 24.3 Å². The first-order chi connectivity index (χ1) is 21.5. The zero-order valence-corrected chi connectivity index (χ0v) is 26.4. The second-order valence-corrected chi connectivity index (χ2v) is 11.8. The molecule has 0 radical (unpaired) electrons.